The minimum absolute atomic E-state index is 0.0284. The van der Waals surface area contributed by atoms with Gasteiger partial charge in [-0.05, 0) is 72.6 Å². The summed E-state index contributed by atoms with van der Waals surface area (Å²) in [4.78, 5) is 12.4. The Balaban J connectivity index is 1.75. The molecule has 1 aromatic carbocycles. The molecule has 0 heterocycles. The number of rotatable bonds is 1. The molecule has 3 aliphatic rings. The fraction of sp³-hybridized carbons (Fsp3) is 0.650. The number of fused-ring (bicyclic) bond motifs is 5. The predicted molar refractivity (Wildman–Crippen MR) is 87.2 cm³/mol. The van der Waals surface area contributed by atoms with Crippen molar-refractivity contribution in [2.24, 2.45) is 23.2 Å². The maximum atomic E-state index is 12.4. The monoisotopic (exact) mass is 298 g/mol. The van der Waals surface area contributed by atoms with Gasteiger partial charge in [-0.15, -0.1) is 0 Å². The smallest absolute Gasteiger partial charge is 0.139 e. The Morgan fingerprint density at radius 3 is 2.86 bits per heavy atom. The zero-order chi connectivity index (χ0) is 15.5. The molecule has 0 aliphatic heterocycles. The lowest BCUT2D eigenvalue weighted by atomic mass is 9.53. The molecule has 3 aliphatic carbocycles. The summed E-state index contributed by atoms with van der Waals surface area (Å²) in [5.41, 5.74) is 2.98. The van der Waals surface area contributed by atoms with Crippen molar-refractivity contribution in [2.45, 2.75) is 51.9 Å². The molecule has 2 saturated carbocycles. The summed E-state index contributed by atoms with van der Waals surface area (Å²) in [5, 5.41) is 0. The summed E-state index contributed by atoms with van der Waals surface area (Å²) in [5.74, 6) is 4.11. The van der Waals surface area contributed by atoms with Gasteiger partial charge in [0.15, 0.2) is 0 Å². The zero-order valence-electron chi connectivity index (χ0n) is 13.9. The van der Waals surface area contributed by atoms with Crippen molar-refractivity contribution in [3.05, 3.63) is 29.3 Å². The molecule has 22 heavy (non-hydrogen) atoms. The lowest BCUT2D eigenvalue weighted by molar-refractivity contribution is -0.129. The van der Waals surface area contributed by atoms with Crippen LogP contribution in [-0.2, 0) is 11.2 Å². The molecule has 5 atom stereocenters. The lowest BCUT2D eigenvalue weighted by Crippen LogP contribution is -2.45. The fourth-order valence-electron chi connectivity index (χ4n) is 5.85. The number of methoxy groups -OCH3 is 1. The molecular formula is C20H26O2. The van der Waals surface area contributed by atoms with E-state index in [-0.39, 0.29) is 5.41 Å². The van der Waals surface area contributed by atoms with Gasteiger partial charge in [-0.3, -0.25) is 4.79 Å². The summed E-state index contributed by atoms with van der Waals surface area (Å²) in [6.45, 7) is 4.65. The number of hydrogen-bond acceptors (Lipinski definition) is 2. The minimum Gasteiger partial charge on any atom is -0.497 e. The van der Waals surface area contributed by atoms with Crippen molar-refractivity contribution in [3.8, 4) is 5.75 Å². The van der Waals surface area contributed by atoms with E-state index in [0.717, 1.165) is 31.4 Å². The van der Waals surface area contributed by atoms with E-state index in [1.807, 2.05) is 0 Å². The van der Waals surface area contributed by atoms with Gasteiger partial charge < -0.3 is 4.74 Å². The van der Waals surface area contributed by atoms with E-state index in [1.54, 1.807) is 7.11 Å². The third-order valence-electron chi connectivity index (χ3n) is 6.99. The molecule has 0 unspecified atom stereocenters. The molecule has 0 bridgehead atoms. The molecule has 4 rings (SSSR count). The topological polar surface area (TPSA) is 26.3 Å². The number of carbonyl (C=O) groups excluding carboxylic acids is 1. The molecule has 0 spiro atoms. The Kier molecular flexibility index (Phi) is 3.15. The number of hydrogen-bond donors (Lipinski definition) is 0. The quantitative estimate of drug-likeness (QED) is 0.769. The van der Waals surface area contributed by atoms with Crippen LogP contribution in [0.5, 0.6) is 5.75 Å². The summed E-state index contributed by atoms with van der Waals surface area (Å²) in [7, 11) is 1.74. The van der Waals surface area contributed by atoms with Gasteiger partial charge in [0.1, 0.15) is 11.5 Å². The molecule has 0 aromatic heterocycles. The maximum absolute atomic E-state index is 12.4. The van der Waals surface area contributed by atoms with E-state index in [1.165, 1.54) is 17.5 Å². The Bertz CT molecular complexity index is 620. The Morgan fingerprint density at radius 2 is 2.09 bits per heavy atom. The van der Waals surface area contributed by atoms with E-state index in [0.29, 0.717) is 29.5 Å². The van der Waals surface area contributed by atoms with Gasteiger partial charge in [0, 0.05) is 11.8 Å². The molecule has 2 nitrogen and oxygen atoms in total. The van der Waals surface area contributed by atoms with Crippen LogP contribution in [0, 0.1) is 23.2 Å². The van der Waals surface area contributed by atoms with E-state index in [2.05, 4.69) is 32.0 Å². The van der Waals surface area contributed by atoms with Gasteiger partial charge in [-0.25, -0.2) is 0 Å². The molecule has 2 heteroatoms. The van der Waals surface area contributed by atoms with E-state index in [4.69, 9.17) is 4.74 Å². The second-order valence-electron chi connectivity index (χ2n) is 7.95. The molecule has 0 N–H and O–H groups in total. The van der Waals surface area contributed by atoms with Crippen molar-refractivity contribution < 1.29 is 9.53 Å². The van der Waals surface area contributed by atoms with Crippen molar-refractivity contribution in [1.29, 1.82) is 0 Å². The fourth-order valence-corrected chi connectivity index (χ4v) is 5.85. The van der Waals surface area contributed by atoms with E-state index in [9.17, 15) is 4.79 Å². The molecule has 0 amide bonds. The van der Waals surface area contributed by atoms with Crippen molar-refractivity contribution in [3.63, 3.8) is 0 Å². The second-order valence-corrected chi connectivity index (χ2v) is 7.95. The first kappa shape index (κ1) is 14.3. The van der Waals surface area contributed by atoms with E-state index >= 15 is 0 Å². The lowest BCUT2D eigenvalue weighted by Gasteiger charge is -2.51. The summed E-state index contributed by atoms with van der Waals surface area (Å²) < 4.78 is 5.41. The first-order valence-corrected chi connectivity index (χ1v) is 8.74. The normalized spacial score (nSPS) is 39.9. The highest BCUT2D eigenvalue weighted by atomic mass is 16.5. The second kappa shape index (κ2) is 4.84. The SMILES string of the molecule is COc1ccc2c(c1)C[C@@H](C)[C@@H]1[C@@H]2CC[C@]2(C)C(=O)CC[C@@H]12. The average molecular weight is 298 g/mol. The number of ether oxygens (including phenoxy) is 1. The Morgan fingerprint density at radius 1 is 1.27 bits per heavy atom. The van der Waals surface area contributed by atoms with Crippen LogP contribution >= 0.6 is 0 Å². The highest BCUT2D eigenvalue weighted by Gasteiger charge is 2.56. The van der Waals surface area contributed by atoms with Crippen LogP contribution < -0.4 is 4.74 Å². The third kappa shape index (κ3) is 1.82. The van der Waals surface area contributed by atoms with Gasteiger partial charge in [0.2, 0.25) is 0 Å². The number of ketones is 1. The van der Waals surface area contributed by atoms with E-state index < -0.39 is 0 Å². The average Bonchev–Trinajstić information content (AvgIpc) is 2.82. The number of benzene rings is 1. The minimum atomic E-state index is -0.0284. The van der Waals surface area contributed by atoms with Gasteiger partial charge in [0.05, 0.1) is 7.11 Å². The van der Waals surface area contributed by atoms with Crippen LogP contribution in [0.15, 0.2) is 18.2 Å². The third-order valence-corrected chi connectivity index (χ3v) is 6.99. The number of carbonyl (C=O) groups is 1. The Hall–Kier alpha value is -1.31. The highest BCUT2D eigenvalue weighted by molar-refractivity contribution is 5.87. The summed E-state index contributed by atoms with van der Waals surface area (Å²) in [6, 6.07) is 6.63. The van der Waals surface area contributed by atoms with Crippen molar-refractivity contribution in [2.75, 3.05) is 7.11 Å². The van der Waals surface area contributed by atoms with Crippen LogP contribution in [0.1, 0.15) is 56.6 Å². The molecule has 2 fully saturated rings. The van der Waals surface area contributed by atoms with Crippen LogP contribution in [0.4, 0.5) is 0 Å². The van der Waals surface area contributed by atoms with Gasteiger partial charge in [-0.1, -0.05) is 19.9 Å². The molecule has 1 aromatic rings. The van der Waals surface area contributed by atoms with Crippen molar-refractivity contribution in [1.82, 2.24) is 0 Å². The predicted octanol–water partition coefficient (Wildman–Crippen LogP) is 4.37. The first-order chi connectivity index (χ1) is 10.5. The molecule has 0 saturated heterocycles. The summed E-state index contributed by atoms with van der Waals surface area (Å²) >= 11 is 0. The molecule has 118 valence electrons. The standard InChI is InChI=1S/C20H26O2/c1-12-10-13-11-14(22-3)4-5-15(13)16-8-9-20(2)17(19(12)16)6-7-18(20)21/h4-5,11-12,16-17,19H,6-10H2,1-3H3/t12-,16-,17+,19-,20+/m1/s1. The molecule has 0 radical (unpaired) electrons. The summed E-state index contributed by atoms with van der Waals surface area (Å²) in [6.07, 6.45) is 5.32. The maximum Gasteiger partial charge on any atom is 0.139 e. The zero-order valence-corrected chi connectivity index (χ0v) is 13.9. The van der Waals surface area contributed by atoms with Crippen LogP contribution in [0.2, 0.25) is 0 Å². The Labute approximate surface area is 133 Å². The van der Waals surface area contributed by atoms with Crippen molar-refractivity contribution >= 4 is 5.78 Å². The molecular weight excluding hydrogens is 272 g/mol. The first-order valence-electron chi connectivity index (χ1n) is 8.74. The largest absolute Gasteiger partial charge is 0.497 e. The van der Waals surface area contributed by atoms with Gasteiger partial charge >= 0.3 is 0 Å². The van der Waals surface area contributed by atoms with Gasteiger partial charge in [0.25, 0.3) is 0 Å². The van der Waals surface area contributed by atoms with Crippen LogP contribution in [0.3, 0.4) is 0 Å². The number of Topliss-reactive ketones (excluding diaryl/α,β-unsaturated/α-hetero) is 1. The van der Waals surface area contributed by atoms with Crippen LogP contribution in [0.25, 0.3) is 0 Å². The van der Waals surface area contributed by atoms with Gasteiger partial charge in [-0.2, -0.15) is 0 Å². The van der Waals surface area contributed by atoms with Crippen LogP contribution in [-0.4, -0.2) is 12.9 Å². The highest BCUT2D eigenvalue weighted by Crippen LogP contribution is 2.60.